The minimum absolute atomic E-state index is 0.187. The second-order valence-electron chi connectivity index (χ2n) is 4.78. The lowest BCUT2D eigenvalue weighted by molar-refractivity contribution is -0.152. The third-order valence-electron chi connectivity index (χ3n) is 3.59. The number of hydrogen-bond acceptors (Lipinski definition) is 3. The maximum Gasteiger partial charge on any atom is 0.316 e. The number of aliphatic carboxylic acids is 1. The zero-order chi connectivity index (χ0) is 13.0. The van der Waals surface area contributed by atoms with Gasteiger partial charge < -0.3 is 14.9 Å². The molecular weight excluding hydrogens is 220 g/mol. The van der Waals surface area contributed by atoms with E-state index in [1.807, 2.05) is 0 Å². The SMILES string of the molecule is CCC(C(=O)O)C(=O)N(C)C1CCN(C)CC1. The van der Waals surface area contributed by atoms with Gasteiger partial charge in [0.25, 0.3) is 0 Å². The molecule has 5 heteroatoms. The zero-order valence-corrected chi connectivity index (χ0v) is 10.8. The summed E-state index contributed by atoms with van der Waals surface area (Å²) in [6.07, 6.45) is 2.20. The number of amides is 1. The fourth-order valence-corrected chi connectivity index (χ4v) is 2.26. The topological polar surface area (TPSA) is 60.9 Å². The van der Waals surface area contributed by atoms with E-state index >= 15 is 0 Å². The number of rotatable bonds is 4. The molecule has 5 nitrogen and oxygen atoms in total. The second kappa shape index (κ2) is 6.00. The van der Waals surface area contributed by atoms with Gasteiger partial charge in [0.05, 0.1) is 0 Å². The maximum absolute atomic E-state index is 12.0. The fraction of sp³-hybridized carbons (Fsp3) is 0.833. The van der Waals surface area contributed by atoms with Gasteiger partial charge in [-0.1, -0.05) is 6.92 Å². The monoisotopic (exact) mass is 242 g/mol. The molecule has 1 fully saturated rings. The molecule has 1 rings (SSSR count). The van der Waals surface area contributed by atoms with Crippen molar-refractivity contribution in [2.45, 2.75) is 32.2 Å². The Kier molecular flexibility index (Phi) is 4.93. The zero-order valence-electron chi connectivity index (χ0n) is 10.8. The molecule has 1 N–H and O–H groups in total. The van der Waals surface area contributed by atoms with Crippen molar-refractivity contribution in [3.05, 3.63) is 0 Å². The summed E-state index contributed by atoms with van der Waals surface area (Å²) in [5, 5.41) is 8.98. The Bertz CT molecular complexity index is 285. The van der Waals surface area contributed by atoms with Crippen LogP contribution in [-0.4, -0.2) is 60.0 Å². The summed E-state index contributed by atoms with van der Waals surface area (Å²) in [5.41, 5.74) is 0. The van der Waals surface area contributed by atoms with Gasteiger partial charge in [0.2, 0.25) is 5.91 Å². The lowest BCUT2D eigenvalue weighted by atomic mass is 10.00. The molecule has 1 atom stereocenters. The standard InChI is InChI=1S/C12H22N2O3/c1-4-10(12(16)17)11(15)14(3)9-5-7-13(2)8-6-9/h9-10H,4-8H2,1-3H3,(H,16,17). The van der Waals surface area contributed by atoms with Crippen LogP contribution in [0.2, 0.25) is 0 Å². The van der Waals surface area contributed by atoms with Gasteiger partial charge in [-0.15, -0.1) is 0 Å². The minimum atomic E-state index is -1.02. The molecule has 1 saturated heterocycles. The number of likely N-dealkylation sites (tertiary alicyclic amines) is 1. The summed E-state index contributed by atoms with van der Waals surface area (Å²) >= 11 is 0. The van der Waals surface area contributed by atoms with Crippen molar-refractivity contribution in [1.82, 2.24) is 9.80 Å². The molecule has 1 unspecified atom stereocenters. The largest absolute Gasteiger partial charge is 0.481 e. The van der Waals surface area contributed by atoms with Crippen LogP contribution in [0.1, 0.15) is 26.2 Å². The Balaban J connectivity index is 2.59. The molecule has 0 bridgehead atoms. The lowest BCUT2D eigenvalue weighted by Gasteiger charge is -2.36. The third-order valence-corrected chi connectivity index (χ3v) is 3.59. The first-order valence-electron chi connectivity index (χ1n) is 6.15. The average molecular weight is 242 g/mol. The smallest absolute Gasteiger partial charge is 0.316 e. The van der Waals surface area contributed by atoms with E-state index in [2.05, 4.69) is 11.9 Å². The van der Waals surface area contributed by atoms with Crippen molar-refractivity contribution >= 4 is 11.9 Å². The van der Waals surface area contributed by atoms with Crippen molar-refractivity contribution in [1.29, 1.82) is 0 Å². The van der Waals surface area contributed by atoms with Crippen LogP contribution >= 0.6 is 0 Å². The van der Waals surface area contributed by atoms with Gasteiger partial charge in [-0.2, -0.15) is 0 Å². The number of piperidine rings is 1. The highest BCUT2D eigenvalue weighted by Gasteiger charge is 2.31. The predicted molar refractivity (Wildman–Crippen MR) is 64.7 cm³/mol. The van der Waals surface area contributed by atoms with Crippen molar-refractivity contribution in [2.24, 2.45) is 5.92 Å². The van der Waals surface area contributed by atoms with E-state index in [0.717, 1.165) is 25.9 Å². The van der Waals surface area contributed by atoms with Crippen LogP contribution in [0.3, 0.4) is 0 Å². The Morgan fingerprint density at radius 1 is 1.41 bits per heavy atom. The molecule has 1 aliphatic heterocycles. The number of carboxylic acids is 1. The molecule has 0 spiro atoms. The fourth-order valence-electron chi connectivity index (χ4n) is 2.26. The van der Waals surface area contributed by atoms with Crippen LogP contribution in [-0.2, 0) is 9.59 Å². The molecule has 0 aromatic heterocycles. The predicted octanol–water partition coefficient (Wildman–Crippen LogP) is 0.650. The van der Waals surface area contributed by atoms with Crippen LogP contribution in [0.25, 0.3) is 0 Å². The Morgan fingerprint density at radius 3 is 2.35 bits per heavy atom. The van der Waals surface area contributed by atoms with Gasteiger partial charge in [0.15, 0.2) is 0 Å². The third kappa shape index (κ3) is 3.43. The summed E-state index contributed by atoms with van der Waals surface area (Å²) in [7, 11) is 3.79. The van der Waals surface area contributed by atoms with E-state index in [0.29, 0.717) is 6.42 Å². The number of hydrogen-bond donors (Lipinski definition) is 1. The van der Waals surface area contributed by atoms with Crippen LogP contribution in [0.4, 0.5) is 0 Å². The van der Waals surface area contributed by atoms with Gasteiger partial charge in [0, 0.05) is 13.1 Å². The second-order valence-corrected chi connectivity index (χ2v) is 4.78. The molecule has 0 aromatic rings. The lowest BCUT2D eigenvalue weighted by Crippen LogP contribution is -2.47. The van der Waals surface area contributed by atoms with Gasteiger partial charge in [-0.3, -0.25) is 9.59 Å². The van der Waals surface area contributed by atoms with Crippen molar-refractivity contribution in [2.75, 3.05) is 27.2 Å². The van der Waals surface area contributed by atoms with Gasteiger partial charge in [0.1, 0.15) is 5.92 Å². The number of carbonyl (C=O) groups excluding carboxylic acids is 1. The van der Waals surface area contributed by atoms with Crippen molar-refractivity contribution in [3.8, 4) is 0 Å². The Labute approximate surface area is 102 Å². The molecule has 0 aliphatic carbocycles. The normalized spacial score (nSPS) is 19.9. The first-order valence-corrected chi connectivity index (χ1v) is 6.15. The molecule has 1 aliphatic rings. The van der Waals surface area contributed by atoms with E-state index in [-0.39, 0.29) is 11.9 Å². The van der Waals surface area contributed by atoms with Crippen LogP contribution in [0.5, 0.6) is 0 Å². The summed E-state index contributed by atoms with van der Waals surface area (Å²) in [5.74, 6) is -2.16. The highest BCUT2D eigenvalue weighted by molar-refractivity contribution is 5.96. The first kappa shape index (κ1) is 14.0. The molecule has 98 valence electrons. The molecule has 0 saturated carbocycles. The number of carboxylic acid groups (broad SMARTS) is 1. The summed E-state index contributed by atoms with van der Waals surface area (Å²) < 4.78 is 0. The highest BCUT2D eigenvalue weighted by atomic mass is 16.4. The molecule has 17 heavy (non-hydrogen) atoms. The Hall–Kier alpha value is -1.10. The number of nitrogens with zero attached hydrogens (tertiary/aromatic N) is 2. The molecule has 1 heterocycles. The summed E-state index contributed by atoms with van der Waals surface area (Å²) in [4.78, 5) is 26.8. The van der Waals surface area contributed by atoms with Gasteiger partial charge in [-0.25, -0.2) is 0 Å². The van der Waals surface area contributed by atoms with Crippen LogP contribution in [0.15, 0.2) is 0 Å². The summed E-state index contributed by atoms with van der Waals surface area (Å²) in [6.45, 7) is 3.66. The van der Waals surface area contributed by atoms with Gasteiger partial charge >= 0.3 is 5.97 Å². The maximum atomic E-state index is 12.0. The Morgan fingerprint density at radius 2 is 1.94 bits per heavy atom. The van der Waals surface area contributed by atoms with E-state index < -0.39 is 11.9 Å². The highest BCUT2D eigenvalue weighted by Crippen LogP contribution is 2.17. The average Bonchev–Trinajstić information content (AvgIpc) is 2.29. The van der Waals surface area contributed by atoms with Gasteiger partial charge in [-0.05, 0) is 39.4 Å². The molecule has 0 aromatic carbocycles. The molecule has 1 amide bonds. The van der Waals surface area contributed by atoms with E-state index in [9.17, 15) is 9.59 Å². The van der Waals surface area contributed by atoms with E-state index in [4.69, 9.17) is 5.11 Å². The van der Waals surface area contributed by atoms with Crippen LogP contribution in [0, 0.1) is 5.92 Å². The quantitative estimate of drug-likeness (QED) is 0.735. The summed E-state index contributed by atoms with van der Waals surface area (Å²) in [6, 6.07) is 0.187. The van der Waals surface area contributed by atoms with Crippen molar-refractivity contribution < 1.29 is 14.7 Å². The van der Waals surface area contributed by atoms with Crippen molar-refractivity contribution in [3.63, 3.8) is 0 Å². The molecular formula is C12H22N2O3. The molecule has 0 radical (unpaired) electrons. The van der Waals surface area contributed by atoms with E-state index in [1.165, 1.54) is 0 Å². The minimum Gasteiger partial charge on any atom is -0.481 e. The first-order chi connectivity index (χ1) is 7.97. The van der Waals surface area contributed by atoms with E-state index in [1.54, 1.807) is 18.9 Å². The number of carbonyl (C=O) groups is 2. The van der Waals surface area contributed by atoms with Crippen LogP contribution < -0.4 is 0 Å².